The Labute approximate surface area is 160 Å². The molecule has 7 nitrogen and oxygen atoms in total. The molecular formula is C20H28N4O3. The molecule has 2 heterocycles. The molecule has 0 saturated carbocycles. The molecule has 3 rings (SSSR count). The molecule has 1 N–H and O–H groups in total. The molecule has 0 radical (unpaired) electrons. The minimum atomic E-state index is -0.106. The van der Waals surface area contributed by atoms with E-state index >= 15 is 0 Å². The summed E-state index contributed by atoms with van der Waals surface area (Å²) < 4.78 is 12.6. The fraction of sp³-hybridized carbons (Fsp3) is 0.500. The van der Waals surface area contributed by atoms with E-state index in [0.717, 1.165) is 47.7 Å². The Morgan fingerprint density at radius 2 is 2.11 bits per heavy atom. The number of likely N-dealkylation sites (tertiary alicyclic amines) is 1. The lowest BCUT2D eigenvalue weighted by Gasteiger charge is -2.28. The maximum atomic E-state index is 13.0. The van der Waals surface area contributed by atoms with Gasteiger partial charge in [0, 0.05) is 37.0 Å². The number of hydrogen-bond acceptors (Lipinski definition) is 4. The molecule has 2 aromatic rings. The predicted molar refractivity (Wildman–Crippen MR) is 103 cm³/mol. The van der Waals surface area contributed by atoms with Crippen LogP contribution in [0, 0.1) is 6.92 Å². The molecule has 0 spiro atoms. The Kier molecular flexibility index (Phi) is 5.58. The lowest BCUT2D eigenvalue weighted by Crippen LogP contribution is -2.40. The van der Waals surface area contributed by atoms with Crippen molar-refractivity contribution in [2.24, 2.45) is 7.05 Å². The first kappa shape index (κ1) is 19.1. The molecule has 0 bridgehead atoms. The van der Waals surface area contributed by atoms with Gasteiger partial charge in [0.15, 0.2) is 0 Å². The minimum Gasteiger partial charge on any atom is -0.497 e. The number of rotatable bonds is 5. The maximum Gasteiger partial charge on any atom is 0.318 e. The van der Waals surface area contributed by atoms with Gasteiger partial charge in [-0.3, -0.25) is 4.68 Å². The molecule has 7 heteroatoms. The smallest absolute Gasteiger partial charge is 0.318 e. The summed E-state index contributed by atoms with van der Waals surface area (Å²) in [5.74, 6) is 1.49. The van der Waals surface area contributed by atoms with Crippen LogP contribution in [0.25, 0.3) is 0 Å². The number of urea groups is 1. The van der Waals surface area contributed by atoms with Gasteiger partial charge in [0.05, 0.1) is 32.0 Å². The van der Waals surface area contributed by atoms with Gasteiger partial charge in [-0.25, -0.2) is 4.79 Å². The average molecular weight is 372 g/mol. The molecule has 1 aromatic carbocycles. The van der Waals surface area contributed by atoms with E-state index in [9.17, 15) is 4.79 Å². The monoisotopic (exact) mass is 372 g/mol. The second-order valence-corrected chi connectivity index (χ2v) is 6.97. The van der Waals surface area contributed by atoms with Crippen molar-refractivity contribution in [3.8, 4) is 11.5 Å². The minimum absolute atomic E-state index is 0.00643. The summed E-state index contributed by atoms with van der Waals surface area (Å²) in [6, 6.07) is 5.59. The van der Waals surface area contributed by atoms with Crippen molar-refractivity contribution in [1.82, 2.24) is 20.0 Å². The number of methoxy groups -OCH3 is 2. The van der Waals surface area contributed by atoms with Crippen molar-refractivity contribution < 1.29 is 14.3 Å². The number of nitrogens with one attached hydrogen (secondary N) is 1. The van der Waals surface area contributed by atoms with Crippen LogP contribution in [0.3, 0.4) is 0 Å². The van der Waals surface area contributed by atoms with E-state index in [1.807, 2.05) is 50.2 Å². The molecule has 146 valence electrons. The van der Waals surface area contributed by atoms with Gasteiger partial charge >= 0.3 is 6.03 Å². The molecule has 1 aromatic heterocycles. The number of carbonyl (C=O) groups is 1. The number of amides is 2. The largest absolute Gasteiger partial charge is 0.497 e. The van der Waals surface area contributed by atoms with Crippen molar-refractivity contribution >= 4 is 6.03 Å². The van der Waals surface area contributed by atoms with E-state index in [1.54, 1.807) is 18.9 Å². The molecule has 1 aliphatic heterocycles. The number of nitrogens with zero attached hydrogens (tertiary/aromatic N) is 3. The molecule has 1 aliphatic rings. The summed E-state index contributed by atoms with van der Waals surface area (Å²) in [5.41, 5.74) is 2.97. The van der Waals surface area contributed by atoms with E-state index in [-0.39, 0.29) is 18.1 Å². The fourth-order valence-electron chi connectivity index (χ4n) is 3.82. The molecule has 0 aliphatic carbocycles. The first-order chi connectivity index (χ1) is 12.9. The summed E-state index contributed by atoms with van der Waals surface area (Å²) >= 11 is 0. The van der Waals surface area contributed by atoms with Gasteiger partial charge in [0.2, 0.25) is 0 Å². The summed E-state index contributed by atoms with van der Waals surface area (Å²) in [6.45, 7) is 4.67. The standard InChI is InChI=1S/C20H28N4O3/c1-13(17-12-23(3)22-14(17)2)21-20(25)24-10-6-7-18(24)16-9-8-15(26-4)11-19(16)27-5/h8-9,11-13,18H,6-7,10H2,1-5H3,(H,21,25). The molecule has 27 heavy (non-hydrogen) atoms. The van der Waals surface area contributed by atoms with Crippen LogP contribution in [0.5, 0.6) is 11.5 Å². The highest BCUT2D eigenvalue weighted by molar-refractivity contribution is 5.76. The first-order valence-corrected chi connectivity index (χ1v) is 9.23. The van der Waals surface area contributed by atoms with Crippen molar-refractivity contribution in [2.75, 3.05) is 20.8 Å². The molecule has 2 atom stereocenters. The molecule has 2 unspecified atom stereocenters. The Morgan fingerprint density at radius 3 is 2.74 bits per heavy atom. The van der Waals surface area contributed by atoms with Crippen LogP contribution in [0.1, 0.15) is 48.7 Å². The Morgan fingerprint density at radius 1 is 1.33 bits per heavy atom. The summed E-state index contributed by atoms with van der Waals surface area (Å²) in [6.07, 6.45) is 3.83. The van der Waals surface area contributed by atoms with E-state index in [2.05, 4.69) is 10.4 Å². The van der Waals surface area contributed by atoms with E-state index in [0.29, 0.717) is 0 Å². The SMILES string of the molecule is COc1ccc(C2CCCN2C(=O)NC(C)c2cn(C)nc2C)c(OC)c1. The molecule has 1 saturated heterocycles. The van der Waals surface area contributed by atoms with Crippen molar-refractivity contribution in [3.63, 3.8) is 0 Å². The molecule has 1 fully saturated rings. The third kappa shape index (κ3) is 3.86. The van der Waals surface area contributed by atoms with Crippen LogP contribution in [0.15, 0.2) is 24.4 Å². The highest BCUT2D eigenvalue weighted by Gasteiger charge is 2.32. The van der Waals surface area contributed by atoms with Crippen LogP contribution in [-0.2, 0) is 7.05 Å². The van der Waals surface area contributed by atoms with Crippen LogP contribution >= 0.6 is 0 Å². The third-order valence-electron chi connectivity index (χ3n) is 5.17. The quantitative estimate of drug-likeness (QED) is 0.874. The van der Waals surface area contributed by atoms with E-state index in [4.69, 9.17) is 9.47 Å². The van der Waals surface area contributed by atoms with Crippen molar-refractivity contribution in [1.29, 1.82) is 0 Å². The van der Waals surface area contributed by atoms with Gasteiger partial charge in [-0.15, -0.1) is 0 Å². The number of aromatic nitrogens is 2. The fourth-order valence-corrected chi connectivity index (χ4v) is 3.82. The normalized spacial score (nSPS) is 17.7. The van der Waals surface area contributed by atoms with Crippen LogP contribution in [-0.4, -0.2) is 41.5 Å². The molecular weight excluding hydrogens is 344 g/mol. The average Bonchev–Trinajstić information content (AvgIpc) is 3.27. The van der Waals surface area contributed by atoms with Crippen LogP contribution in [0.2, 0.25) is 0 Å². The van der Waals surface area contributed by atoms with Gasteiger partial charge in [0.1, 0.15) is 11.5 Å². The number of hydrogen-bond donors (Lipinski definition) is 1. The Bertz CT molecular complexity index is 818. The second-order valence-electron chi connectivity index (χ2n) is 6.97. The van der Waals surface area contributed by atoms with Gasteiger partial charge in [-0.1, -0.05) is 0 Å². The van der Waals surface area contributed by atoms with Crippen LogP contribution < -0.4 is 14.8 Å². The summed E-state index contributed by atoms with van der Waals surface area (Å²) in [5, 5.41) is 7.48. The number of aryl methyl sites for hydroxylation is 2. The van der Waals surface area contributed by atoms with Gasteiger partial charge in [0.25, 0.3) is 0 Å². The van der Waals surface area contributed by atoms with E-state index < -0.39 is 0 Å². The zero-order valence-electron chi connectivity index (χ0n) is 16.7. The van der Waals surface area contributed by atoms with Gasteiger partial charge in [-0.05, 0) is 38.8 Å². The summed E-state index contributed by atoms with van der Waals surface area (Å²) in [7, 11) is 5.16. The highest BCUT2D eigenvalue weighted by Crippen LogP contribution is 2.38. The zero-order valence-corrected chi connectivity index (χ0v) is 16.7. The Hall–Kier alpha value is -2.70. The van der Waals surface area contributed by atoms with Gasteiger partial charge < -0.3 is 19.7 Å². The topological polar surface area (TPSA) is 68.6 Å². The van der Waals surface area contributed by atoms with E-state index in [1.165, 1.54) is 0 Å². The zero-order chi connectivity index (χ0) is 19.6. The summed E-state index contributed by atoms with van der Waals surface area (Å²) in [4.78, 5) is 14.9. The van der Waals surface area contributed by atoms with Crippen molar-refractivity contribution in [2.45, 2.75) is 38.8 Å². The molecule has 2 amide bonds. The third-order valence-corrected chi connectivity index (χ3v) is 5.17. The maximum absolute atomic E-state index is 13.0. The van der Waals surface area contributed by atoms with Crippen LogP contribution in [0.4, 0.5) is 4.79 Å². The van der Waals surface area contributed by atoms with Gasteiger partial charge in [-0.2, -0.15) is 5.10 Å². The lowest BCUT2D eigenvalue weighted by atomic mass is 10.0. The first-order valence-electron chi connectivity index (χ1n) is 9.23. The lowest BCUT2D eigenvalue weighted by molar-refractivity contribution is 0.189. The Balaban J connectivity index is 1.78. The number of benzene rings is 1. The number of ether oxygens (including phenoxy) is 2. The highest BCUT2D eigenvalue weighted by atomic mass is 16.5. The second kappa shape index (κ2) is 7.90. The predicted octanol–water partition coefficient (Wildman–Crippen LogP) is 3.35. The number of carbonyl (C=O) groups excluding carboxylic acids is 1. The van der Waals surface area contributed by atoms with Crippen molar-refractivity contribution in [3.05, 3.63) is 41.2 Å².